The summed E-state index contributed by atoms with van der Waals surface area (Å²) in [5.74, 6) is -0.229. The van der Waals surface area contributed by atoms with Gasteiger partial charge in [-0.05, 0) is 38.0 Å². The number of benzene rings is 1. The van der Waals surface area contributed by atoms with Crippen molar-refractivity contribution in [3.05, 3.63) is 62.5 Å². The highest BCUT2D eigenvalue weighted by Gasteiger charge is 2.26. The van der Waals surface area contributed by atoms with Gasteiger partial charge in [0.1, 0.15) is 5.56 Å². The molecule has 1 aliphatic rings. The van der Waals surface area contributed by atoms with Crippen LogP contribution in [0.5, 0.6) is 0 Å². The summed E-state index contributed by atoms with van der Waals surface area (Å²) in [6.45, 7) is 8.79. The lowest BCUT2D eigenvalue weighted by molar-refractivity contribution is 0.0744. The molecule has 1 aliphatic heterocycles. The zero-order valence-corrected chi connectivity index (χ0v) is 16.5. The molecule has 3 heterocycles. The number of nitrogens with zero attached hydrogens (tertiary/aromatic N) is 4. The number of piperazine rings is 1. The summed E-state index contributed by atoms with van der Waals surface area (Å²) >= 11 is 1.40. The third kappa shape index (κ3) is 3.02. The van der Waals surface area contributed by atoms with E-state index in [2.05, 4.69) is 41.9 Å². The Morgan fingerprint density at radius 1 is 1.11 bits per heavy atom. The Hall–Kier alpha value is -2.67. The summed E-state index contributed by atoms with van der Waals surface area (Å²) in [4.78, 5) is 34.6. The fourth-order valence-electron chi connectivity index (χ4n) is 3.57. The van der Waals surface area contributed by atoms with Gasteiger partial charge >= 0.3 is 0 Å². The predicted molar refractivity (Wildman–Crippen MR) is 108 cm³/mol. The standard InChI is InChI=1S/C20H22N4O2S/c1-13-5-4-6-17(15(13)3)22-7-9-23(10-8-22)18(25)16-11-21-20-24(19(16)26)14(2)12-27-20/h4-6,11-12H,7-10H2,1-3H3. The van der Waals surface area contributed by atoms with E-state index in [0.29, 0.717) is 18.1 Å². The monoisotopic (exact) mass is 382 g/mol. The smallest absolute Gasteiger partial charge is 0.271 e. The Balaban J connectivity index is 1.54. The average molecular weight is 382 g/mol. The van der Waals surface area contributed by atoms with Crippen molar-refractivity contribution in [1.82, 2.24) is 14.3 Å². The van der Waals surface area contributed by atoms with Crippen LogP contribution in [0.25, 0.3) is 4.96 Å². The summed E-state index contributed by atoms with van der Waals surface area (Å²) in [5, 5.41) is 1.88. The predicted octanol–water partition coefficient (Wildman–Crippen LogP) is 2.64. The number of anilines is 1. The van der Waals surface area contributed by atoms with Crippen LogP contribution in [-0.4, -0.2) is 46.4 Å². The van der Waals surface area contributed by atoms with E-state index in [4.69, 9.17) is 0 Å². The number of carbonyl (C=O) groups excluding carboxylic acids is 1. The molecular formula is C20H22N4O2S. The number of rotatable bonds is 2. The molecule has 1 aromatic carbocycles. The third-order valence-electron chi connectivity index (χ3n) is 5.33. The molecule has 0 atom stereocenters. The molecule has 6 nitrogen and oxygen atoms in total. The molecule has 1 amide bonds. The van der Waals surface area contributed by atoms with Crippen molar-refractivity contribution < 1.29 is 4.79 Å². The minimum atomic E-state index is -0.277. The Morgan fingerprint density at radius 3 is 2.59 bits per heavy atom. The molecule has 2 aromatic heterocycles. The summed E-state index contributed by atoms with van der Waals surface area (Å²) in [7, 11) is 0. The molecule has 0 aliphatic carbocycles. The van der Waals surface area contributed by atoms with Gasteiger partial charge in [-0.15, -0.1) is 11.3 Å². The van der Waals surface area contributed by atoms with Gasteiger partial charge in [-0.3, -0.25) is 14.0 Å². The van der Waals surface area contributed by atoms with Gasteiger partial charge in [-0.1, -0.05) is 12.1 Å². The molecule has 0 saturated carbocycles. The summed E-state index contributed by atoms with van der Waals surface area (Å²) in [6, 6.07) is 6.31. The maximum absolute atomic E-state index is 12.9. The van der Waals surface area contributed by atoms with E-state index >= 15 is 0 Å². The Kier molecular flexibility index (Phi) is 4.47. The quantitative estimate of drug-likeness (QED) is 0.684. The molecule has 1 fully saturated rings. The molecule has 0 N–H and O–H groups in total. The first-order valence-corrected chi connectivity index (χ1v) is 9.91. The molecule has 140 valence electrons. The largest absolute Gasteiger partial charge is 0.368 e. The van der Waals surface area contributed by atoms with Crippen LogP contribution in [0.3, 0.4) is 0 Å². The van der Waals surface area contributed by atoms with Crippen LogP contribution in [-0.2, 0) is 0 Å². The van der Waals surface area contributed by atoms with Crippen LogP contribution >= 0.6 is 11.3 Å². The number of amides is 1. The number of carbonyl (C=O) groups is 1. The fourth-order valence-corrected chi connectivity index (χ4v) is 4.40. The van der Waals surface area contributed by atoms with Gasteiger partial charge in [0.05, 0.1) is 0 Å². The van der Waals surface area contributed by atoms with E-state index in [1.54, 1.807) is 4.90 Å². The second-order valence-electron chi connectivity index (χ2n) is 6.97. The van der Waals surface area contributed by atoms with Crippen molar-refractivity contribution >= 4 is 27.9 Å². The van der Waals surface area contributed by atoms with Crippen LogP contribution in [0.2, 0.25) is 0 Å². The van der Waals surface area contributed by atoms with Crippen molar-refractivity contribution in [2.45, 2.75) is 20.8 Å². The van der Waals surface area contributed by atoms with Gasteiger partial charge in [0, 0.05) is 49.1 Å². The fraction of sp³-hybridized carbons (Fsp3) is 0.350. The van der Waals surface area contributed by atoms with Crippen molar-refractivity contribution in [3.63, 3.8) is 0 Å². The molecule has 3 aromatic rings. The van der Waals surface area contributed by atoms with Crippen molar-refractivity contribution in [2.75, 3.05) is 31.1 Å². The summed E-state index contributed by atoms with van der Waals surface area (Å²) in [5.41, 5.74) is 4.44. The zero-order valence-electron chi connectivity index (χ0n) is 15.7. The Morgan fingerprint density at radius 2 is 1.85 bits per heavy atom. The van der Waals surface area contributed by atoms with Crippen molar-refractivity contribution in [1.29, 1.82) is 0 Å². The SMILES string of the molecule is Cc1cccc(N2CCN(C(=O)c3cnc4scc(C)n4c3=O)CC2)c1C. The molecule has 0 bridgehead atoms. The number of hydrogen-bond acceptors (Lipinski definition) is 5. The van der Waals surface area contributed by atoms with Gasteiger partial charge in [0.2, 0.25) is 0 Å². The third-order valence-corrected chi connectivity index (χ3v) is 6.29. The molecule has 1 saturated heterocycles. The second kappa shape index (κ2) is 6.81. The zero-order chi connectivity index (χ0) is 19.1. The topological polar surface area (TPSA) is 57.9 Å². The maximum atomic E-state index is 12.9. The number of aryl methyl sites for hydroxylation is 2. The van der Waals surface area contributed by atoms with E-state index in [9.17, 15) is 9.59 Å². The number of aromatic nitrogens is 2. The molecule has 7 heteroatoms. The maximum Gasteiger partial charge on any atom is 0.271 e. The second-order valence-corrected chi connectivity index (χ2v) is 7.81. The average Bonchev–Trinajstić information content (AvgIpc) is 3.06. The minimum Gasteiger partial charge on any atom is -0.368 e. The van der Waals surface area contributed by atoms with Crippen LogP contribution in [0.15, 0.2) is 34.6 Å². The first kappa shape index (κ1) is 17.7. The molecule has 0 unspecified atom stereocenters. The van der Waals surface area contributed by atoms with E-state index in [1.165, 1.54) is 38.7 Å². The van der Waals surface area contributed by atoms with Gasteiger partial charge in [0.15, 0.2) is 4.96 Å². The lowest BCUT2D eigenvalue weighted by Crippen LogP contribution is -2.50. The van der Waals surface area contributed by atoms with Crippen molar-refractivity contribution in [3.8, 4) is 0 Å². The highest BCUT2D eigenvalue weighted by molar-refractivity contribution is 7.15. The summed E-state index contributed by atoms with van der Waals surface area (Å²) < 4.78 is 1.52. The van der Waals surface area contributed by atoms with E-state index in [-0.39, 0.29) is 17.0 Å². The van der Waals surface area contributed by atoms with Crippen molar-refractivity contribution in [2.24, 2.45) is 0 Å². The number of hydrogen-bond donors (Lipinski definition) is 0. The van der Waals surface area contributed by atoms with E-state index in [1.807, 2.05) is 12.3 Å². The van der Waals surface area contributed by atoms with E-state index < -0.39 is 0 Å². The summed E-state index contributed by atoms with van der Waals surface area (Å²) in [6.07, 6.45) is 1.42. The molecule has 0 spiro atoms. The van der Waals surface area contributed by atoms with E-state index in [0.717, 1.165) is 18.8 Å². The van der Waals surface area contributed by atoms with Crippen LogP contribution < -0.4 is 10.5 Å². The number of thiazole rings is 1. The van der Waals surface area contributed by atoms with Gasteiger partial charge in [-0.2, -0.15) is 0 Å². The van der Waals surface area contributed by atoms with Gasteiger partial charge in [0.25, 0.3) is 11.5 Å². The van der Waals surface area contributed by atoms with Gasteiger partial charge in [-0.25, -0.2) is 4.98 Å². The Labute approximate surface area is 161 Å². The molecule has 4 rings (SSSR count). The molecular weight excluding hydrogens is 360 g/mol. The lowest BCUT2D eigenvalue weighted by Gasteiger charge is -2.37. The molecule has 27 heavy (non-hydrogen) atoms. The first-order chi connectivity index (χ1) is 13.0. The highest BCUT2D eigenvalue weighted by Crippen LogP contribution is 2.24. The molecule has 0 radical (unpaired) electrons. The Bertz CT molecular complexity index is 1080. The van der Waals surface area contributed by atoms with Crippen LogP contribution in [0.4, 0.5) is 5.69 Å². The van der Waals surface area contributed by atoms with Crippen LogP contribution in [0, 0.1) is 20.8 Å². The highest BCUT2D eigenvalue weighted by atomic mass is 32.1. The van der Waals surface area contributed by atoms with Gasteiger partial charge < -0.3 is 9.80 Å². The first-order valence-electron chi connectivity index (χ1n) is 9.03. The number of fused-ring (bicyclic) bond motifs is 1. The normalized spacial score (nSPS) is 14.8. The lowest BCUT2D eigenvalue weighted by atomic mass is 10.1. The van der Waals surface area contributed by atoms with Crippen LogP contribution in [0.1, 0.15) is 27.2 Å². The minimum absolute atomic E-state index is 0.147.